The van der Waals surface area contributed by atoms with Crippen LogP contribution in [0.2, 0.25) is 0 Å². The van der Waals surface area contributed by atoms with Gasteiger partial charge >= 0.3 is 6.61 Å². The number of methoxy groups -OCH3 is 1. The van der Waals surface area contributed by atoms with Crippen molar-refractivity contribution in [2.75, 3.05) is 20.7 Å². The first-order chi connectivity index (χ1) is 13.0. The van der Waals surface area contributed by atoms with E-state index in [2.05, 4.69) is 20.4 Å². The lowest BCUT2D eigenvalue weighted by Gasteiger charge is -2.15. The molecule has 0 unspecified atom stereocenters. The first-order valence-corrected chi connectivity index (χ1v) is 8.36. The molecule has 0 aliphatic heterocycles. The van der Waals surface area contributed by atoms with E-state index in [1.165, 1.54) is 13.2 Å². The maximum absolute atomic E-state index is 12.5. The average Bonchev–Trinajstić information content (AvgIpc) is 2.66. The van der Waals surface area contributed by atoms with E-state index in [-0.39, 0.29) is 42.0 Å². The third-order valence-electron chi connectivity index (χ3n) is 3.84. The molecule has 0 atom stereocenters. The zero-order valence-corrected chi connectivity index (χ0v) is 17.9. The number of phenols is 1. The van der Waals surface area contributed by atoms with Crippen LogP contribution < -0.4 is 20.1 Å². The highest BCUT2D eigenvalue weighted by atomic mass is 127. The molecule has 0 heterocycles. The molecule has 0 amide bonds. The highest BCUT2D eigenvalue weighted by molar-refractivity contribution is 14.0. The van der Waals surface area contributed by atoms with Crippen molar-refractivity contribution in [1.29, 1.82) is 0 Å². The quantitative estimate of drug-likeness (QED) is 0.290. The predicted octanol–water partition coefficient (Wildman–Crippen LogP) is 3.53. The van der Waals surface area contributed by atoms with E-state index in [0.29, 0.717) is 30.2 Å². The normalized spacial score (nSPS) is 11.0. The fourth-order valence-corrected chi connectivity index (χ4v) is 2.46. The first kappa shape index (κ1) is 23.7. The zero-order valence-electron chi connectivity index (χ0n) is 15.6. The summed E-state index contributed by atoms with van der Waals surface area (Å²) in [4.78, 5) is 4.10. The maximum atomic E-state index is 12.5. The minimum atomic E-state index is -2.87. The SMILES string of the molecule is CN=C(NCCc1ccc(OC)cc1O)NCc1ccccc1OC(F)F.I. The van der Waals surface area contributed by atoms with Gasteiger partial charge in [-0.05, 0) is 24.1 Å². The molecule has 0 saturated heterocycles. The summed E-state index contributed by atoms with van der Waals surface area (Å²) < 4.78 is 34.5. The number of ether oxygens (including phenoxy) is 2. The van der Waals surface area contributed by atoms with Crippen molar-refractivity contribution in [2.24, 2.45) is 4.99 Å². The van der Waals surface area contributed by atoms with Crippen molar-refractivity contribution >= 4 is 29.9 Å². The summed E-state index contributed by atoms with van der Waals surface area (Å²) in [5.74, 6) is 1.39. The van der Waals surface area contributed by atoms with E-state index in [4.69, 9.17) is 4.74 Å². The van der Waals surface area contributed by atoms with E-state index in [9.17, 15) is 13.9 Å². The molecule has 0 saturated carbocycles. The minimum Gasteiger partial charge on any atom is -0.508 e. The molecule has 0 aliphatic rings. The molecule has 6 nitrogen and oxygen atoms in total. The number of benzene rings is 2. The summed E-state index contributed by atoms with van der Waals surface area (Å²) >= 11 is 0. The highest BCUT2D eigenvalue weighted by Crippen LogP contribution is 2.23. The van der Waals surface area contributed by atoms with Gasteiger partial charge in [0, 0.05) is 31.8 Å². The van der Waals surface area contributed by atoms with Gasteiger partial charge in [-0.3, -0.25) is 4.99 Å². The molecular weight excluding hydrogens is 483 g/mol. The van der Waals surface area contributed by atoms with Gasteiger partial charge in [-0.25, -0.2) is 0 Å². The largest absolute Gasteiger partial charge is 0.508 e. The Balaban J connectivity index is 0.00000392. The molecule has 2 aromatic rings. The third kappa shape index (κ3) is 7.37. The number of phenolic OH excluding ortho intramolecular Hbond substituents is 1. The standard InChI is InChI=1S/C19H23F2N3O3.HI/c1-22-19(23-10-9-13-7-8-15(26-2)11-16(13)25)24-12-14-5-3-4-6-17(14)27-18(20)21;/h3-8,11,18,25H,9-10,12H2,1-2H3,(H2,22,23,24);1H. The van der Waals surface area contributed by atoms with Crippen molar-refractivity contribution in [3.8, 4) is 17.2 Å². The van der Waals surface area contributed by atoms with Crippen LogP contribution in [-0.4, -0.2) is 38.4 Å². The number of nitrogens with zero attached hydrogens (tertiary/aromatic N) is 1. The van der Waals surface area contributed by atoms with Gasteiger partial charge in [0.05, 0.1) is 7.11 Å². The molecule has 154 valence electrons. The topological polar surface area (TPSA) is 75.1 Å². The molecule has 28 heavy (non-hydrogen) atoms. The van der Waals surface area contributed by atoms with Crippen molar-refractivity contribution in [3.05, 3.63) is 53.6 Å². The summed E-state index contributed by atoms with van der Waals surface area (Å²) in [5, 5.41) is 16.1. The molecule has 0 aromatic heterocycles. The number of hydrogen-bond acceptors (Lipinski definition) is 4. The monoisotopic (exact) mass is 507 g/mol. The van der Waals surface area contributed by atoms with Gasteiger partial charge in [0.2, 0.25) is 0 Å². The molecule has 2 rings (SSSR count). The fourth-order valence-electron chi connectivity index (χ4n) is 2.46. The smallest absolute Gasteiger partial charge is 0.387 e. The average molecular weight is 507 g/mol. The van der Waals surface area contributed by atoms with Crippen LogP contribution in [0.25, 0.3) is 0 Å². The lowest BCUT2D eigenvalue weighted by Crippen LogP contribution is -2.38. The van der Waals surface area contributed by atoms with Crippen molar-refractivity contribution in [2.45, 2.75) is 19.6 Å². The van der Waals surface area contributed by atoms with E-state index in [0.717, 1.165) is 5.56 Å². The molecule has 9 heteroatoms. The second-order valence-corrected chi connectivity index (χ2v) is 5.58. The number of para-hydroxylation sites is 1. The summed E-state index contributed by atoms with van der Waals surface area (Å²) in [6, 6.07) is 11.7. The predicted molar refractivity (Wildman–Crippen MR) is 115 cm³/mol. The summed E-state index contributed by atoms with van der Waals surface area (Å²) in [6.45, 7) is -2.08. The van der Waals surface area contributed by atoms with E-state index in [1.807, 2.05) is 0 Å². The van der Waals surface area contributed by atoms with E-state index < -0.39 is 6.61 Å². The summed E-state index contributed by atoms with van der Waals surface area (Å²) in [7, 11) is 3.15. The van der Waals surface area contributed by atoms with Gasteiger partial charge < -0.3 is 25.2 Å². The second kappa shape index (κ2) is 12.2. The number of aliphatic imine (C=N–C) groups is 1. The van der Waals surface area contributed by atoms with Gasteiger partial charge in [0.15, 0.2) is 5.96 Å². The maximum Gasteiger partial charge on any atom is 0.387 e. The Morgan fingerprint density at radius 1 is 1.14 bits per heavy atom. The van der Waals surface area contributed by atoms with Crippen LogP contribution in [0.4, 0.5) is 8.78 Å². The number of guanidine groups is 1. The van der Waals surface area contributed by atoms with Crippen LogP contribution in [0.1, 0.15) is 11.1 Å². The molecule has 2 aromatic carbocycles. The molecule has 0 radical (unpaired) electrons. The Morgan fingerprint density at radius 2 is 1.89 bits per heavy atom. The molecule has 0 fully saturated rings. The van der Waals surface area contributed by atoms with Crippen LogP contribution in [-0.2, 0) is 13.0 Å². The zero-order chi connectivity index (χ0) is 19.6. The number of aromatic hydroxyl groups is 1. The third-order valence-corrected chi connectivity index (χ3v) is 3.84. The number of rotatable bonds is 8. The van der Waals surface area contributed by atoms with Gasteiger partial charge in [-0.2, -0.15) is 8.78 Å². The van der Waals surface area contributed by atoms with Crippen LogP contribution in [0.5, 0.6) is 17.2 Å². The van der Waals surface area contributed by atoms with Crippen LogP contribution >= 0.6 is 24.0 Å². The van der Waals surface area contributed by atoms with Gasteiger partial charge in [-0.15, -0.1) is 24.0 Å². The van der Waals surface area contributed by atoms with E-state index >= 15 is 0 Å². The molecule has 0 aliphatic carbocycles. The van der Waals surface area contributed by atoms with Gasteiger partial charge in [-0.1, -0.05) is 24.3 Å². The van der Waals surface area contributed by atoms with Crippen LogP contribution in [0, 0.1) is 0 Å². The molecular formula is C19H24F2IN3O3. The number of halogens is 3. The Kier molecular flexibility index (Phi) is 10.4. The van der Waals surface area contributed by atoms with Crippen LogP contribution in [0.3, 0.4) is 0 Å². The molecule has 0 bridgehead atoms. The Bertz CT molecular complexity index is 776. The Morgan fingerprint density at radius 3 is 2.54 bits per heavy atom. The van der Waals surface area contributed by atoms with Crippen molar-refractivity contribution in [1.82, 2.24) is 10.6 Å². The highest BCUT2D eigenvalue weighted by Gasteiger charge is 2.09. The minimum absolute atomic E-state index is 0. The first-order valence-electron chi connectivity index (χ1n) is 8.36. The number of alkyl halides is 2. The summed E-state index contributed by atoms with van der Waals surface area (Å²) in [6.07, 6.45) is 0.571. The summed E-state index contributed by atoms with van der Waals surface area (Å²) in [5.41, 5.74) is 1.36. The fraction of sp³-hybridized carbons (Fsp3) is 0.316. The number of nitrogens with one attached hydrogen (secondary N) is 2. The van der Waals surface area contributed by atoms with Gasteiger partial charge in [0.25, 0.3) is 0 Å². The Hall–Kier alpha value is -2.30. The van der Waals surface area contributed by atoms with Crippen molar-refractivity contribution < 1.29 is 23.4 Å². The van der Waals surface area contributed by atoms with Gasteiger partial charge in [0.1, 0.15) is 17.2 Å². The van der Waals surface area contributed by atoms with Crippen LogP contribution in [0.15, 0.2) is 47.5 Å². The molecule has 0 spiro atoms. The lowest BCUT2D eigenvalue weighted by molar-refractivity contribution is -0.0504. The van der Waals surface area contributed by atoms with E-state index in [1.54, 1.807) is 43.4 Å². The Labute approximate surface area is 180 Å². The molecule has 3 N–H and O–H groups in total. The second-order valence-electron chi connectivity index (χ2n) is 5.58. The van der Waals surface area contributed by atoms with Crippen molar-refractivity contribution in [3.63, 3.8) is 0 Å². The number of hydrogen-bond donors (Lipinski definition) is 3. The lowest BCUT2D eigenvalue weighted by atomic mass is 10.1.